The highest BCUT2D eigenvalue weighted by atomic mass is 16.5. The van der Waals surface area contributed by atoms with Crippen LogP contribution in [0.2, 0.25) is 0 Å². The molecule has 4 heteroatoms. The maximum absolute atomic E-state index is 11.6. The third kappa shape index (κ3) is 4.04. The normalized spacial score (nSPS) is 12.0. The quantitative estimate of drug-likeness (QED) is 0.807. The number of benzene rings is 1. The van der Waals surface area contributed by atoms with E-state index in [4.69, 9.17) is 9.84 Å². The highest BCUT2D eigenvalue weighted by Crippen LogP contribution is 2.20. The zero-order valence-electron chi connectivity index (χ0n) is 11.2. The fraction of sp³-hybridized carbons (Fsp3) is 0.500. The molecule has 0 saturated carbocycles. The van der Waals surface area contributed by atoms with Gasteiger partial charge < -0.3 is 15.2 Å². The Kier molecular flexibility index (Phi) is 5.65. The third-order valence-electron chi connectivity index (χ3n) is 2.99. The number of carbonyl (C=O) groups excluding carboxylic acids is 1. The minimum atomic E-state index is -0.211. The van der Waals surface area contributed by atoms with Gasteiger partial charge in [0, 0.05) is 0 Å². The number of nitrogens with one attached hydrogen (secondary N) is 1. The third-order valence-corrected chi connectivity index (χ3v) is 2.99. The number of aliphatic hydroxyl groups is 1. The fourth-order valence-electron chi connectivity index (χ4n) is 1.57. The average molecular weight is 251 g/mol. The van der Waals surface area contributed by atoms with E-state index in [9.17, 15) is 4.79 Å². The molecular formula is C14H21NO3. The molecule has 1 aromatic carbocycles. The summed E-state index contributed by atoms with van der Waals surface area (Å²) >= 11 is 0. The molecular weight excluding hydrogens is 230 g/mol. The van der Waals surface area contributed by atoms with Gasteiger partial charge in [-0.25, -0.2) is 0 Å². The first-order valence-corrected chi connectivity index (χ1v) is 6.17. The summed E-state index contributed by atoms with van der Waals surface area (Å²) < 4.78 is 5.48. The van der Waals surface area contributed by atoms with Gasteiger partial charge in [-0.05, 0) is 37.5 Å². The predicted octanol–water partition coefficient (Wildman–Crippen LogP) is 1.57. The molecule has 0 aromatic heterocycles. The SMILES string of the molecule is CCC(CO)NC(=O)COc1cccc(C)c1C. The van der Waals surface area contributed by atoms with Crippen molar-refractivity contribution in [2.75, 3.05) is 13.2 Å². The Morgan fingerprint density at radius 1 is 1.44 bits per heavy atom. The summed E-state index contributed by atoms with van der Waals surface area (Å²) in [5.41, 5.74) is 2.18. The lowest BCUT2D eigenvalue weighted by Crippen LogP contribution is -2.39. The highest BCUT2D eigenvalue weighted by molar-refractivity contribution is 5.77. The molecule has 0 aliphatic carbocycles. The fourth-order valence-corrected chi connectivity index (χ4v) is 1.57. The summed E-state index contributed by atoms with van der Waals surface area (Å²) in [5, 5.41) is 11.7. The van der Waals surface area contributed by atoms with Gasteiger partial charge in [-0.15, -0.1) is 0 Å². The van der Waals surface area contributed by atoms with E-state index in [0.717, 1.165) is 16.9 Å². The molecule has 1 rings (SSSR count). The minimum Gasteiger partial charge on any atom is -0.483 e. The maximum atomic E-state index is 11.6. The Morgan fingerprint density at radius 3 is 2.78 bits per heavy atom. The largest absolute Gasteiger partial charge is 0.483 e. The van der Waals surface area contributed by atoms with Gasteiger partial charge in [0.05, 0.1) is 12.6 Å². The lowest BCUT2D eigenvalue weighted by molar-refractivity contribution is -0.124. The monoisotopic (exact) mass is 251 g/mol. The van der Waals surface area contributed by atoms with Gasteiger partial charge in [-0.3, -0.25) is 4.79 Å². The van der Waals surface area contributed by atoms with E-state index in [1.807, 2.05) is 39.0 Å². The first-order chi connectivity index (χ1) is 8.58. The van der Waals surface area contributed by atoms with Gasteiger partial charge in [0.1, 0.15) is 5.75 Å². The molecule has 18 heavy (non-hydrogen) atoms. The van der Waals surface area contributed by atoms with Crippen molar-refractivity contribution < 1.29 is 14.6 Å². The molecule has 1 atom stereocenters. The Balaban J connectivity index is 2.50. The van der Waals surface area contributed by atoms with Gasteiger partial charge >= 0.3 is 0 Å². The molecule has 0 aliphatic rings. The van der Waals surface area contributed by atoms with Crippen molar-refractivity contribution in [2.24, 2.45) is 0 Å². The van der Waals surface area contributed by atoms with Crippen molar-refractivity contribution in [1.29, 1.82) is 0 Å². The Morgan fingerprint density at radius 2 is 2.17 bits per heavy atom. The van der Waals surface area contributed by atoms with Gasteiger partial charge in [-0.1, -0.05) is 19.1 Å². The summed E-state index contributed by atoms with van der Waals surface area (Å²) in [6.07, 6.45) is 0.700. The first-order valence-electron chi connectivity index (χ1n) is 6.17. The van der Waals surface area contributed by atoms with Crippen LogP contribution in [0.15, 0.2) is 18.2 Å². The number of hydrogen-bond acceptors (Lipinski definition) is 3. The first kappa shape index (κ1) is 14.5. The summed E-state index contributed by atoms with van der Waals surface area (Å²) in [6, 6.07) is 5.55. The van der Waals surface area contributed by atoms with E-state index in [-0.39, 0.29) is 25.2 Å². The van der Waals surface area contributed by atoms with Crippen LogP contribution in [-0.4, -0.2) is 30.3 Å². The van der Waals surface area contributed by atoms with Crippen LogP contribution in [-0.2, 0) is 4.79 Å². The molecule has 0 radical (unpaired) electrons. The van der Waals surface area contributed by atoms with Crippen molar-refractivity contribution in [3.63, 3.8) is 0 Å². The van der Waals surface area contributed by atoms with E-state index >= 15 is 0 Å². The van der Waals surface area contributed by atoms with Gasteiger partial charge in [0.15, 0.2) is 6.61 Å². The molecule has 0 bridgehead atoms. The Bertz CT molecular complexity index is 400. The van der Waals surface area contributed by atoms with Gasteiger partial charge in [0.25, 0.3) is 5.91 Å². The number of carbonyl (C=O) groups is 1. The Labute approximate surface area is 108 Å². The van der Waals surface area contributed by atoms with E-state index in [1.165, 1.54) is 0 Å². The second-order valence-corrected chi connectivity index (χ2v) is 4.34. The summed E-state index contributed by atoms with van der Waals surface area (Å²) in [5.74, 6) is 0.513. The molecule has 0 saturated heterocycles. The number of aliphatic hydroxyl groups excluding tert-OH is 1. The van der Waals surface area contributed by atoms with Crippen molar-refractivity contribution in [1.82, 2.24) is 5.32 Å². The van der Waals surface area contributed by atoms with Gasteiger partial charge in [0.2, 0.25) is 0 Å². The molecule has 100 valence electrons. The van der Waals surface area contributed by atoms with Crippen LogP contribution in [0.25, 0.3) is 0 Å². The number of hydrogen-bond donors (Lipinski definition) is 2. The smallest absolute Gasteiger partial charge is 0.258 e. The Hall–Kier alpha value is -1.55. The second-order valence-electron chi connectivity index (χ2n) is 4.34. The zero-order valence-corrected chi connectivity index (χ0v) is 11.2. The minimum absolute atomic E-state index is 0.0270. The van der Waals surface area contributed by atoms with Crippen LogP contribution in [0.4, 0.5) is 0 Å². The molecule has 2 N–H and O–H groups in total. The zero-order chi connectivity index (χ0) is 13.5. The van der Waals surface area contributed by atoms with Crippen molar-refractivity contribution in [3.8, 4) is 5.75 Å². The molecule has 1 amide bonds. The van der Waals surface area contributed by atoms with Crippen molar-refractivity contribution in [3.05, 3.63) is 29.3 Å². The van der Waals surface area contributed by atoms with Crippen LogP contribution in [0, 0.1) is 13.8 Å². The van der Waals surface area contributed by atoms with E-state index in [1.54, 1.807) is 0 Å². The lowest BCUT2D eigenvalue weighted by atomic mass is 10.1. The van der Waals surface area contributed by atoms with Crippen molar-refractivity contribution >= 4 is 5.91 Å². The average Bonchev–Trinajstić information content (AvgIpc) is 2.37. The second kappa shape index (κ2) is 7.01. The van der Waals surface area contributed by atoms with Crippen LogP contribution in [0.5, 0.6) is 5.75 Å². The molecule has 0 fully saturated rings. The number of amides is 1. The number of aryl methyl sites for hydroxylation is 1. The van der Waals surface area contributed by atoms with Crippen LogP contribution in [0.1, 0.15) is 24.5 Å². The summed E-state index contributed by atoms with van der Waals surface area (Å²) in [6.45, 7) is 5.80. The topological polar surface area (TPSA) is 58.6 Å². The molecule has 4 nitrogen and oxygen atoms in total. The molecule has 0 aliphatic heterocycles. The molecule has 0 spiro atoms. The van der Waals surface area contributed by atoms with E-state index in [0.29, 0.717) is 6.42 Å². The highest BCUT2D eigenvalue weighted by Gasteiger charge is 2.10. The molecule has 1 unspecified atom stereocenters. The number of rotatable bonds is 6. The summed E-state index contributed by atoms with van der Waals surface area (Å²) in [7, 11) is 0. The van der Waals surface area contributed by atoms with E-state index in [2.05, 4.69) is 5.32 Å². The summed E-state index contributed by atoms with van der Waals surface area (Å²) in [4.78, 5) is 11.6. The maximum Gasteiger partial charge on any atom is 0.258 e. The van der Waals surface area contributed by atoms with Crippen molar-refractivity contribution in [2.45, 2.75) is 33.2 Å². The van der Waals surface area contributed by atoms with Crippen LogP contribution in [0.3, 0.4) is 0 Å². The van der Waals surface area contributed by atoms with Gasteiger partial charge in [-0.2, -0.15) is 0 Å². The van der Waals surface area contributed by atoms with Crippen LogP contribution >= 0.6 is 0 Å². The van der Waals surface area contributed by atoms with E-state index < -0.39 is 0 Å². The number of ether oxygens (including phenoxy) is 1. The lowest BCUT2D eigenvalue weighted by Gasteiger charge is -2.15. The standard InChI is InChI=1S/C14H21NO3/c1-4-12(8-16)15-14(17)9-18-13-7-5-6-10(2)11(13)3/h5-7,12,16H,4,8-9H2,1-3H3,(H,15,17). The molecule has 0 heterocycles. The van der Waals surface area contributed by atoms with Crippen LogP contribution < -0.4 is 10.1 Å². The molecule has 1 aromatic rings. The predicted molar refractivity (Wildman–Crippen MR) is 70.7 cm³/mol.